The summed E-state index contributed by atoms with van der Waals surface area (Å²) in [7, 11) is 0. The summed E-state index contributed by atoms with van der Waals surface area (Å²) >= 11 is 0. The maximum Gasteiger partial charge on any atom is 0.407 e. The third kappa shape index (κ3) is 5.07. The Labute approximate surface area is 109 Å². The Kier molecular flexibility index (Phi) is 6.16. The highest BCUT2D eigenvalue weighted by molar-refractivity contribution is 5.85. The zero-order chi connectivity index (χ0) is 13.5. The monoisotopic (exact) mass is 255 g/mol. The highest BCUT2D eigenvalue weighted by Crippen LogP contribution is 2.26. The van der Waals surface area contributed by atoms with Gasteiger partial charge in [-0.3, -0.25) is 4.79 Å². The van der Waals surface area contributed by atoms with Crippen molar-refractivity contribution in [3.8, 4) is 0 Å². The van der Waals surface area contributed by atoms with Crippen LogP contribution in [0.1, 0.15) is 52.9 Å². The van der Waals surface area contributed by atoms with Crippen LogP contribution >= 0.6 is 0 Å². The van der Waals surface area contributed by atoms with Gasteiger partial charge in [-0.15, -0.1) is 0 Å². The molecule has 0 saturated heterocycles. The van der Waals surface area contributed by atoms with Gasteiger partial charge in [-0.1, -0.05) is 33.1 Å². The summed E-state index contributed by atoms with van der Waals surface area (Å²) in [5.41, 5.74) is 0. The largest absolute Gasteiger partial charge is 0.449 e. The maximum atomic E-state index is 11.6. The van der Waals surface area contributed by atoms with Gasteiger partial charge < -0.3 is 10.1 Å². The Morgan fingerprint density at radius 1 is 1.22 bits per heavy atom. The first kappa shape index (κ1) is 15.0. The van der Waals surface area contributed by atoms with Crippen molar-refractivity contribution in [1.29, 1.82) is 0 Å². The highest BCUT2D eigenvalue weighted by atomic mass is 16.5. The minimum Gasteiger partial charge on any atom is -0.449 e. The topological polar surface area (TPSA) is 55.4 Å². The van der Waals surface area contributed by atoms with Gasteiger partial charge in [0.1, 0.15) is 0 Å². The fourth-order valence-corrected chi connectivity index (χ4v) is 2.43. The summed E-state index contributed by atoms with van der Waals surface area (Å²) in [5.74, 6) is 0.618. The van der Waals surface area contributed by atoms with Crippen molar-refractivity contribution < 1.29 is 14.3 Å². The first-order valence-electron chi connectivity index (χ1n) is 6.94. The number of nitrogens with one attached hydrogen (secondary N) is 1. The molecule has 0 aromatic heterocycles. The lowest BCUT2D eigenvalue weighted by Crippen LogP contribution is -2.46. The number of carbonyl (C=O) groups excluding carboxylic acids is 2. The summed E-state index contributed by atoms with van der Waals surface area (Å²) in [6.45, 7) is 5.90. The van der Waals surface area contributed by atoms with E-state index in [1.165, 1.54) is 6.42 Å². The first-order valence-corrected chi connectivity index (χ1v) is 6.94. The van der Waals surface area contributed by atoms with Gasteiger partial charge in [-0.05, 0) is 31.6 Å². The number of hydrogen-bond donors (Lipinski definition) is 1. The summed E-state index contributed by atoms with van der Waals surface area (Å²) in [6, 6.07) is -0.370. The molecule has 1 N–H and O–H groups in total. The van der Waals surface area contributed by atoms with E-state index in [9.17, 15) is 9.59 Å². The molecule has 0 aliphatic heterocycles. The number of carbonyl (C=O) groups is 2. The Morgan fingerprint density at radius 3 is 2.33 bits per heavy atom. The predicted octanol–water partition coefficient (Wildman–Crippen LogP) is 2.91. The zero-order valence-electron chi connectivity index (χ0n) is 11.7. The molecule has 4 heteroatoms. The van der Waals surface area contributed by atoms with Crippen molar-refractivity contribution in [3.05, 3.63) is 0 Å². The molecule has 104 valence electrons. The molecule has 0 radical (unpaired) electrons. The molecule has 1 fully saturated rings. The van der Waals surface area contributed by atoms with Crippen molar-refractivity contribution >= 4 is 11.9 Å². The van der Waals surface area contributed by atoms with E-state index < -0.39 is 6.09 Å². The molecule has 1 saturated carbocycles. The summed E-state index contributed by atoms with van der Waals surface area (Å²) in [6.07, 6.45) is 5.12. The van der Waals surface area contributed by atoms with Crippen molar-refractivity contribution in [2.24, 2.45) is 11.8 Å². The number of alkyl carbamates (subject to hydrolysis) is 1. The fourth-order valence-electron chi connectivity index (χ4n) is 2.43. The van der Waals surface area contributed by atoms with Crippen molar-refractivity contribution in [2.75, 3.05) is 6.61 Å². The Morgan fingerprint density at radius 2 is 1.83 bits per heavy atom. The molecule has 4 nitrogen and oxygen atoms in total. The second-order valence-electron chi connectivity index (χ2n) is 5.62. The molecule has 0 spiro atoms. The lowest BCUT2D eigenvalue weighted by atomic mass is 9.82. The number of amides is 1. The normalized spacial score (nSPS) is 18.4. The Balaban J connectivity index is 2.46. The number of Topliss-reactive ketones (excluding diaryl/α,β-unsaturated/α-hetero) is 1. The van der Waals surface area contributed by atoms with E-state index in [0.717, 1.165) is 25.7 Å². The van der Waals surface area contributed by atoms with Crippen LogP contribution in [0.4, 0.5) is 4.79 Å². The average Bonchev–Trinajstić information content (AvgIpc) is 2.34. The van der Waals surface area contributed by atoms with Crippen LogP contribution in [-0.4, -0.2) is 24.5 Å². The molecule has 0 bridgehead atoms. The summed E-state index contributed by atoms with van der Waals surface area (Å²) < 4.78 is 5.07. The van der Waals surface area contributed by atoms with E-state index in [1.807, 2.05) is 13.8 Å². The SMILES string of the molecule is CC(=O)[C@@H](NC(=O)OCC(C)C)C1CCCCC1. The molecular weight excluding hydrogens is 230 g/mol. The molecule has 0 aromatic rings. The van der Waals surface area contributed by atoms with Crippen LogP contribution in [-0.2, 0) is 9.53 Å². The molecule has 1 rings (SSSR count). The van der Waals surface area contributed by atoms with Gasteiger partial charge in [0.2, 0.25) is 0 Å². The Bertz CT molecular complexity index is 283. The zero-order valence-corrected chi connectivity index (χ0v) is 11.7. The van der Waals surface area contributed by atoms with Crippen molar-refractivity contribution in [2.45, 2.75) is 58.9 Å². The van der Waals surface area contributed by atoms with Gasteiger partial charge in [0.15, 0.2) is 5.78 Å². The van der Waals surface area contributed by atoms with Crippen LogP contribution in [0.2, 0.25) is 0 Å². The molecule has 1 atom stereocenters. The summed E-state index contributed by atoms with van der Waals surface area (Å²) in [5, 5.41) is 2.73. The molecular formula is C14H25NO3. The maximum absolute atomic E-state index is 11.6. The van der Waals surface area contributed by atoms with E-state index in [-0.39, 0.29) is 17.7 Å². The lowest BCUT2D eigenvalue weighted by Gasteiger charge is -2.28. The molecule has 18 heavy (non-hydrogen) atoms. The predicted molar refractivity (Wildman–Crippen MR) is 70.4 cm³/mol. The van der Waals surface area contributed by atoms with Gasteiger partial charge in [0, 0.05) is 0 Å². The van der Waals surface area contributed by atoms with Crippen LogP contribution in [0.5, 0.6) is 0 Å². The minimum absolute atomic E-state index is 0.0309. The average molecular weight is 255 g/mol. The standard InChI is InChI=1S/C14H25NO3/c1-10(2)9-18-14(17)15-13(11(3)16)12-7-5-4-6-8-12/h10,12-13H,4-9H2,1-3H3,(H,15,17)/t13-/m1/s1. The van der Waals surface area contributed by atoms with E-state index in [4.69, 9.17) is 4.74 Å². The molecule has 0 unspecified atom stereocenters. The van der Waals surface area contributed by atoms with E-state index >= 15 is 0 Å². The number of hydrogen-bond acceptors (Lipinski definition) is 3. The lowest BCUT2D eigenvalue weighted by molar-refractivity contribution is -0.120. The molecule has 0 aromatic carbocycles. The third-order valence-electron chi connectivity index (χ3n) is 3.38. The quantitative estimate of drug-likeness (QED) is 0.821. The van der Waals surface area contributed by atoms with Crippen LogP contribution in [0.15, 0.2) is 0 Å². The summed E-state index contributed by atoms with van der Waals surface area (Å²) in [4.78, 5) is 23.3. The smallest absolute Gasteiger partial charge is 0.407 e. The van der Waals surface area contributed by atoms with Gasteiger partial charge in [0.05, 0.1) is 12.6 Å². The van der Waals surface area contributed by atoms with Crippen molar-refractivity contribution in [1.82, 2.24) is 5.32 Å². The molecule has 0 heterocycles. The second kappa shape index (κ2) is 7.39. The number of rotatable bonds is 5. The van der Waals surface area contributed by atoms with Gasteiger partial charge in [0.25, 0.3) is 0 Å². The fraction of sp³-hybridized carbons (Fsp3) is 0.857. The second-order valence-corrected chi connectivity index (χ2v) is 5.62. The molecule has 1 amide bonds. The van der Waals surface area contributed by atoms with Gasteiger partial charge in [-0.25, -0.2) is 4.79 Å². The van der Waals surface area contributed by atoms with Crippen LogP contribution in [0, 0.1) is 11.8 Å². The van der Waals surface area contributed by atoms with E-state index in [2.05, 4.69) is 5.32 Å². The molecule has 1 aliphatic carbocycles. The van der Waals surface area contributed by atoms with Crippen molar-refractivity contribution in [3.63, 3.8) is 0 Å². The van der Waals surface area contributed by atoms with Crippen LogP contribution in [0.25, 0.3) is 0 Å². The minimum atomic E-state index is -0.463. The first-order chi connectivity index (χ1) is 8.50. The Hall–Kier alpha value is -1.06. The van der Waals surface area contributed by atoms with Crippen LogP contribution in [0.3, 0.4) is 0 Å². The molecule has 1 aliphatic rings. The van der Waals surface area contributed by atoms with Gasteiger partial charge >= 0.3 is 6.09 Å². The highest BCUT2D eigenvalue weighted by Gasteiger charge is 2.28. The third-order valence-corrected chi connectivity index (χ3v) is 3.38. The number of ketones is 1. The van der Waals surface area contributed by atoms with E-state index in [1.54, 1.807) is 6.92 Å². The number of ether oxygens (including phenoxy) is 1. The van der Waals surface area contributed by atoms with Crippen LogP contribution < -0.4 is 5.32 Å². The van der Waals surface area contributed by atoms with E-state index in [0.29, 0.717) is 12.5 Å². The van der Waals surface area contributed by atoms with Gasteiger partial charge in [-0.2, -0.15) is 0 Å².